The van der Waals surface area contributed by atoms with E-state index in [4.69, 9.17) is 21.1 Å². The standard InChI is InChI=1S/C34H41ClFN7O5/c1-43(2)16-8-12-31(44)42-29-19-25-28(39-22-40-33(25)41-23-13-14-27(36)26(35)18-23)20-30(29)47-17-9-15-37-32(45)21-38-34(46)48-24-10-6-4-3-5-7-11-24/h3-4,8,12-14,18-20,22,24H,5-7,9-11,15-17,21H2,1-2H3,(H,37,45)(H,38,46)(H,42,44)(H,39,40,41)/b4-3-,12-8+. The maximum absolute atomic E-state index is 13.7. The van der Waals surface area contributed by atoms with E-state index in [1.807, 2.05) is 19.0 Å². The highest BCUT2D eigenvalue weighted by Crippen LogP contribution is 2.34. The van der Waals surface area contributed by atoms with Crippen LogP contribution in [0.2, 0.25) is 5.02 Å². The van der Waals surface area contributed by atoms with Gasteiger partial charge in [-0.1, -0.05) is 29.8 Å². The van der Waals surface area contributed by atoms with Crippen LogP contribution in [0.15, 0.2) is 61.0 Å². The minimum absolute atomic E-state index is 0.0418. The molecular weight excluding hydrogens is 641 g/mol. The first-order valence-electron chi connectivity index (χ1n) is 15.8. The van der Waals surface area contributed by atoms with Crippen LogP contribution in [0.3, 0.4) is 0 Å². The summed E-state index contributed by atoms with van der Waals surface area (Å²) in [6.07, 6.45) is 12.8. The summed E-state index contributed by atoms with van der Waals surface area (Å²) in [4.78, 5) is 47.8. The van der Waals surface area contributed by atoms with Gasteiger partial charge in [-0.3, -0.25) is 9.59 Å². The molecule has 3 amide bonds. The van der Waals surface area contributed by atoms with E-state index in [-0.39, 0.29) is 36.1 Å². The summed E-state index contributed by atoms with van der Waals surface area (Å²) in [5.74, 6) is -0.475. The van der Waals surface area contributed by atoms with Crippen molar-refractivity contribution < 1.29 is 28.2 Å². The van der Waals surface area contributed by atoms with Gasteiger partial charge in [0.05, 0.1) is 29.4 Å². The summed E-state index contributed by atoms with van der Waals surface area (Å²) in [6.45, 7) is 0.886. The van der Waals surface area contributed by atoms with Gasteiger partial charge in [-0.25, -0.2) is 19.2 Å². The number of allylic oxidation sites excluding steroid dienone is 2. The van der Waals surface area contributed by atoms with E-state index in [2.05, 4.69) is 43.4 Å². The smallest absolute Gasteiger partial charge is 0.407 e. The molecular formula is C34H41ClFN7O5. The lowest BCUT2D eigenvalue weighted by Crippen LogP contribution is -2.39. The van der Waals surface area contributed by atoms with Crippen LogP contribution >= 0.6 is 11.6 Å². The summed E-state index contributed by atoms with van der Waals surface area (Å²) >= 11 is 5.95. The number of alkyl carbamates (subject to hydrolysis) is 1. The van der Waals surface area contributed by atoms with Crippen LogP contribution in [0.4, 0.5) is 26.4 Å². The molecule has 1 heterocycles. The summed E-state index contributed by atoms with van der Waals surface area (Å²) in [5.41, 5.74) is 1.42. The number of carbonyl (C=O) groups excluding carboxylic acids is 3. The number of benzene rings is 2. The van der Waals surface area contributed by atoms with Crippen molar-refractivity contribution in [2.75, 3.05) is 51.0 Å². The van der Waals surface area contributed by atoms with Gasteiger partial charge in [-0.05, 0) is 76.9 Å². The molecule has 1 aliphatic rings. The summed E-state index contributed by atoms with van der Waals surface area (Å²) in [6, 6.07) is 7.59. The molecule has 3 aromatic rings. The molecule has 14 heteroatoms. The molecule has 0 saturated carbocycles. The zero-order chi connectivity index (χ0) is 34.3. The van der Waals surface area contributed by atoms with Crippen molar-refractivity contribution in [3.05, 3.63) is 71.8 Å². The molecule has 1 unspecified atom stereocenters. The van der Waals surface area contributed by atoms with Crippen LogP contribution in [-0.4, -0.2) is 79.2 Å². The molecule has 0 spiro atoms. The zero-order valence-corrected chi connectivity index (χ0v) is 27.8. The number of likely N-dealkylation sites (N-methyl/N-ethyl adjacent to an activating group) is 1. The number of aromatic nitrogens is 2. The highest BCUT2D eigenvalue weighted by Gasteiger charge is 2.16. The van der Waals surface area contributed by atoms with Crippen molar-refractivity contribution in [2.45, 2.75) is 44.6 Å². The Hall–Kier alpha value is -4.75. The minimum atomic E-state index is -0.603. The van der Waals surface area contributed by atoms with Crippen molar-refractivity contribution in [3.63, 3.8) is 0 Å². The van der Waals surface area contributed by atoms with E-state index in [1.54, 1.807) is 18.2 Å². The number of fused-ring (bicyclic) bond motifs is 1. The SMILES string of the molecule is CN(C)C/C=C/C(=O)Nc1cc2c(Nc3ccc(F)c(Cl)c3)ncnc2cc1OCCCNC(=O)CNC(=O)OC1CC/C=C\CCC1. The third-order valence-corrected chi connectivity index (χ3v) is 7.49. The summed E-state index contributed by atoms with van der Waals surface area (Å²) < 4.78 is 25.2. The minimum Gasteiger partial charge on any atom is -0.491 e. The maximum Gasteiger partial charge on any atom is 0.407 e. The van der Waals surface area contributed by atoms with Gasteiger partial charge in [-0.15, -0.1) is 0 Å². The number of hydrogen-bond donors (Lipinski definition) is 4. The second-order valence-electron chi connectivity index (χ2n) is 11.4. The largest absolute Gasteiger partial charge is 0.491 e. The predicted molar refractivity (Wildman–Crippen MR) is 184 cm³/mol. The van der Waals surface area contributed by atoms with Crippen molar-refractivity contribution in [1.29, 1.82) is 0 Å². The van der Waals surface area contributed by atoms with E-state index in [0.717, 1.165) is 32.1 Å². The molecule has 48 heavy (non-hydrogen) atoms. The molecule has 0 saturated heterocycles. The lowest BCUT2D eigenvalue weighted by Gasteiger charge is -2.18. The Morgan fingerprint density at radius 1 is 1.08 bits per heavy atom. The number of ether oxygens (including phenoxy) is 2. The lowest BCUT2D eigenvalue weighted by molar-refractivity contribution is -0.120. The Labute approximate surface area is 284 Å². The van der Waals surface area contributed by atoms with E-state index in [9.17, 15) is 18.8 Å². The molecule has 0 fully saturated rings. The number of carbonyl (C=O) groups is 3. The van der Waals surface area contributed by atoms with Gasteiger partial charge in [0, 0.05) is 36.3 Å². The highest BCUT2D eigenvalue weighted by atomic mass is 35.5. The molecule has 1 aromatic heterocycles. The fourth-order valence-corrected chi connectivity index (χ4v) is 4.97. The van der Waals surface area contributed by atoms with Gasteiger partial charge in [0.1, 0.15) is 29.8 Å². The monoisotopic (exact) mass is 681 g/mol. The number of halogens is 2. The third kappa shape index (κ3) is 11.8. The Morgan fingerprint density at radius 2 is 1.92 bits per heavy atom. The quantitative estimate of drug-likeness (QED) is 0.0953. The Morgan fingerprint density at radius 3 is 2.73 bits per heavy atom. The zero-order valence-electron chi connectivity index (χ0n) is 27.1. The van der Waals surface area contributed by atoms with Crippen molar-refractivity contribution in [1.82, 2.24) is 25.5 Å². The van der Waals surface area contributed by atoms with Gasteiger partial charge >= 0.3 is 6.09 Å². The fraction of sp³-hybridized carbons (Fsp3) is 0.382. The third-order valence-electron chi connectivity index (χ3n) is 7.20. The number of nitrogens with one attached hydrogen (secondary N) is 4. The topological polar surface area (TPSA) is 147 Å². The molecule has 0 radical (unpaired) electrons. The summed E-state index contributed by atoms with van der Waals surface area (Å²) in [7, 11) is 3.79. The van der Waals surface area contributed by atoms with Gasteiger partial charge in [0.15, 0.2) is 0 Å². The number of rotatable bonds is 14. The van der Waals surface area contributed by atoms with Crippen LogP contribution in [0.25, 0.3) is 10.9 Å². The second-order valence-corrected chi connectivity index (χ2v) is 11.8. The number of amides is 3. The Bertz CT molecular complexity index is 1630. The van der Waals surface area contributed by atoms with Crippen LogP contribution < -0.4 is 26.0 Å². The van der Waals surface area contributed by atoms with Gasteiger partial charge in [0.25, 0.3) is 0 Å². The van der Waals surface area contributed by atoms with E-state index in [1.165, 1.54) is 30.6 Å². The number of anilines is 3. The van der Waals surface area contributed by atoms with E-state index < -0.39 is 11.9 Å². The van der Waals surface area contributed by atoms with Crippen LogP contribution in [-0.2, 0) is 14.3 Å². The molecule has 256 valence electrons. The first-order valence-corrected chi connectivity index (χ1v) is 16.2. The molecule has 0 aliphatic heterocycles. The van der Waals surface area contributed by atoms with E-state index in [0.29, 0.717) is 53.4 Å². The normalized spacial score (nSPS) is 15.4. The van der Waals surface area contributed by atoms with Crippen LogP contribution in [0, 0.1) is 5.82 Å². The van der Waals surface area contributed by atoms with Crippen molar-refractivity contribution >= 4 is 57.6 Å². The average Bonchev–Trinajstić information content (AvgIpc) is 3.03. The van der Waals surface area contributed by atoms with Crippen LogP contribution in [0.1, 0.15) is 38.5 Å². The average molecular weight is 682 g/mol. The number of hydrogen-bond acceptors (Lipinski definition) is 9. The van der Waals surface area contributed by atoms with Gasteiger partial charge in [0.2, 0.25) is 11.8 Å². The molecule has 2 aromatic carbocycles. The molecule has 0 bridgehead atoms. The Kier molecular flexibility index (Phi) is 13.9. The highest BCUT2D eigenvalue weighted by molar-refractivity contribution is 6.31. The first kappa shape index (κ1) is 36.1. The molecule has 1 atom stereocenters. The predicted octanol–water partition coefficient (Wildman–Crippen LogP) is 5.72. The fourth-order valence-electron chi connectivity index (χ4n) is 4.79. The van der Waals surface area contributed by atoms with Gasteiger partial charge < -0.3 is 35.6 Å². The van der Waals surface area contributed by atoms with Crippen molar-refractivity contribution in [3.8, 4) is 5.75 Å². The maximum atomic E-state index is 13.7. The summed E-state index contributed by atoms with van der Waals surface area (Å²) in [5, 5.41) is 11.8. The molecule has 4 N–H and O–H groups in total. The first-order chi connectivity index (χ1) is 23.2. The Balaban J connectivity index is 1.35. The van der Waals surface area contributed by atoms with Gasteiger partial charge in [-0.2, -0.15) is 0 Å². The number of nitrogens with zero attached hydrogens (tertiary/aromatic N) is 3. The lowest BCUT2D eigenvalue weighted by atomic mass is 10.0. The van der Waals surface area contributed by atoms with Crippen LogP contribution in [0.5, 0.6) is 5.75 Å². The molecule has 12 nitrogen and oxygen atoms in total. The van der Waals surface area contributed by atoms with Crippen molar-refractivity contribution in [2.24, 2.45) is 0 Å². The molecule has 1 aliphatic carbocycles. The second kappa shape index (κ2) is 18.6. The molecule has 4 rings (SSSR count). The van der Waals surface area contributed by atoms with E-state index >= 15 is 0 Å².